The van der Waals surface area contributed by atoms with Gasteiger partial charge in [-0.25, -0.2) is 0 Å². The van der Waals surface area contributed by atoms with Gasteiger partial charge in [-0.2, -0.15) is 0 Å². The molecule has 15 heavy (non-hydrogen) atoms. The molecular weight excluding hydrogens is 235 g/mol. The molecule has 1 heterocycles. The molecule has 1 aliphatic heterocycles. The van der Waals surface area contributed by atoms with Crippen LogP contribution in [0.15, 0.2) is 0 Å². The van der Waals surface area contributed by atoms with E-state index in [-0.39, 0.29) is 30.9 Å². The van der Waals surface area contributed by atoms with Crippen LogP contribution >= 0.6 is 24.8 Å². The monoisotopic (exact) mass is 256 g/mol. The maximum atomic E-state index is 5.96. The number of nitrogens with one attached hydrogen (secondary N) is 1. The van der Waals surface area contributed by atoms with Crippen molar-refractivity contribution in [3.8, 4) is 0 Å². The minimum atomic E-state index is 0. The van der Waals surface area contributed by atoms with Gasteiger partial charge in [-0.05, 0) is 32.1 Å². The smallest absolute Gasteiger partial charge is 0.0632 e. The summed E-state index contributed by atoms with van der Waals surface area (Å²) in [6, 6.07) is 1.31. The topological polar surface area (TPSA) is 47.3 Å². The van der Waals surface area contributed by atoms with Gasteiger partial charge in [0.25, 0.3) is 0 Å². The van der Waals surface area contributed by atoms with Crippen molar-refractivity contribution >= 4 is 24.8 Å². The normalized spacial score (nSPS) is 32.4. The molecule has 5 heteroatoms. The molecule has 1 saturated carbocycles. The zero-order valence-corrected chi connectivity index (χ0v) is 10.8. The third kappa shape index (κ3) is 4.45. The van der Waals surface area contributed by atoms with Gasteiger partial charge in [0, 0.05) is 24.7 Å². The van der Waals surface area contributed by atoms with Gasteiger partial charge < -0.3 is 15.8 Å². The molecule has 0 aromatic carbocycles. The summed E-state index contributed by atoms with van der Waals surface area (Å²) < 4.78 is 5.30. The fourth-order valence-corrected chi connectivity index (χ4v) is 2.04. The van der Waals surface area contributed by atoms with E-state index in [2.05, 4.69) is 12.2 Å². The third-order valence-corrected chi connectivity index (χ3v) is 3.21. The summed E-state index contributed by atoms with van der Waals surface area (Å²) in [6.45, 7) is 3.86. The molecule has 0 aromatic rings. The fourth-order valence-electron chi connectivity index (χ4n) is 2.04. The van der Waals surface area contributed by atoms with E-state index in [1.807, 2.05) is 0 Å². The first-order valence-corrected chi connectivity index (χ1v) is 5.37. The molecule has 0 amide bonds. The SMILES string of the molecule is CC(NC1CCOCC1N)C1CC1.Cl.Cl. The molecule has 3 nitrogen and oxygen atoms in total. The van der Waals surface area contributed by atoms with Crippen LogP contribution in [0.5, 0.6) is 0 Å². The Morgan fingerprint density at radius 3 is 2.47 bits per heavy atom. The molecule has 0 radical (unpaired) electrons. The van der Waals surface area contributed by atoms with Crippen LogP contribution in [0.3, 0.4) is 0 Å². The summed E-state index contributed by atoms with van der Waals surface area (Å²) in [6.07, 6.45) is 3.86. The zero-order valence-electron chi connectivity index (χ0n) is 9.15. The van der Waals surface area contributed by atoms with Crippen LogP contribution in [-0.4, -0.2) is 31.3 Å². The van der Waals surface area contributed by atoms with Crippen molar-refractivity contribution in [1.29, 1.82) is 0 Å². The molecule has 3 atom stereocenters. The third-order valence-electron chi connectivity index (χ3n) is 3.21. The Kier molecular flexibility index (Phi) is 7.13. The maximum Gasteiger partial charge on any atom is 0.0632 e. The first kappa shape index (κ1) is 15.5. The summed E-state index contributed by atoms with van der Waals surface area (Å²) in [4.78, 5) is 0. The Labute approximate surface area is 104 Å². The van der Waals surface area contributed by atoms with Crippen LogP contribution in [0.1, 0.15) is 26.2 Å². The van der Waals surface area contributed by atoms with E-state index in [1.165, 1.54) is 12.8 Å². The van der Waals surface area contributed by atoms with Gasteiger partial charge >= 0.3 is 0 Å². The number of halogens is 2. The highest BCUT2D eigenvalue weighted by atomic mass is 35.5. The van der Waals surface area contributed by atoms with E-state index >= 15 is 0 Å². The predicted molar refractivity (Wildman–Crippen MR) is 67.0 cm³/mol. The summed E-state index contributed by atoms with van der Waals surface area (Å²) >= 11 is 0. The van der Waals surface area contributed by atoms with Gasteiger partial charge in [0.05, 0.1) is 6.61 Å². The predicted octanol–water partition coefficient (Wildman–Crippen LogP) is 1.33. The largest absolute Gasteiger partial charge is 0.380 e. The van der Waals surface area contributed by atoms with Gasteiger partial charge in [-0.15, -0.1) is 24.8 Å². The van der Waals surface area contributed by atoms with Crippen LogP contribution in [-0.2, 0) is 4.74 Å². The van der Waals surface area contributed by atoms with Gasteiger partial charge in [0.1, 0.15) is 0 Å². The Hall–Kier alpha value is 0.460. The molecular formula is C10H22Cl2N2O. The number of rotatable bonds is 3. The van der Waals surface area contributed by atoms with Crippen LogP contribution in [0, 0.1) is 5.92 Å². The maximum absolute atomic E-state index is 5.96. The highest BCUT2D eigenvalue weighted by Gasteiger charge is 2.31. The highest BCUT2D eigenvalue weighted by molar-refractivity contribution is 5.85. The van der Waals surface area contributed by atoms with E-state index in [0.29, 0.717) is 12.1 Å². The average molecular weight is 257 g/mol. The molecule has 3 unspecified atom stereocenters. The quantitative estimate of drug-likeness (QED) is 0.802. The Bertz CT molecular complexity index is 179. The van der Waals surface area contributed by atoms with Crippen molar-refractivity contribution in [1.82, 2.24) is 5.32 Å². The van der Waals surface area contributed by atoms with Crippen LogP contribution in [0.4, 0.5) is 0 Å². The van der Waals surface area contributed by atoms with E-state index in [4.69, 9.17) is 10.5 Å². The molecule has 92 valence electrons. The summed E-state index contributed by atoms with van der Waals surface area (Å²) in [7, 11) is 0. The summed E-state index contributed by atoms with van der Waals surface area (Å²) in [5, 5.41) is 3.63. The van der Waals surface area contributed by atoms with Gasteiger partial charge in [0.15, 0.2) is 0 Å². The molecule has 1 saturated heterocycles. The fraction of sp³-hybridized carbons (Fsp3) is 1.00. The first-order chi connectivity index (χ1) is 6.27. The Morgan fingerprint density at radius 2 is 1.93 bits per heavy atom. The lowest BCUT2D eigenvalue weighted by atomic mass is 10.0. The van der Waals surface area contributed by atoms with Crippen molar-refractivity contribution in [3.63, 3.8) is 0 Å². The molecule has 0 aromatic heterocycles. The lowest BCUT2D eigenvalue weighted by Gasteiger charge is -2.32. The molecule has 2 aliphatic rings. The second-order valence-corrected chi connectivity index (χ2v) is 4.43. The lowest BCUT2D eigenvalue weighted by molar-refractivity contribution is 0.0586. The average Bonchev–Trinajstić information content (AvgIpc) is 2.91. The van der Waals surface area contributed by atoms with Crippen LogP contribution in [0.25, 0.3) is 0 Å². The Morgan fingerprint density at radius 1 is 1.27 bits per heavy atom. The summed E-state index contributed by atoms with van der Waals surface area (Å²) in [5.74, 6) is 0.912. The lowest BCUT2D eigenvalue weighted by Crippen LogP contribution is -2.54. The highest BCUT2D eigenvalue weighted by Crippen LogP contribution is 2.32. The second kappa shape index (κ2) is 6.92. The minimum absolute atomic E-state index is 0. The van der Waals surface area contributed by atoms with Crippen molar-refractivity contribution in [3.05, 3.63) is 0 Å². The van der Waals surface area contributed by atoms with E-state index in [0.717, 1.165) is 25.6 Å². The molecule has 1 aliphatic carbocycles. The van der Waals surface area contributed by atoms with Crippen LogP contribution < -0.4 is 11.1 Å². The van der Waals surface area contributed by atoms with E-state index in [9.17, 15) is 0 Å². The molecule has 0 bridgehead atoms. The van der Waals surface area contributed by atoms with Crippen molar-refractivity contribution < 1.29 is 4.74 Å². The second-order valence-electron chi connectivity index (χ2n) is 4.43. The standard InChI is InChI=1S/C10H20N2O.2ClH/c1-7(8-2-3-8)12-10-4-5-13-6-9(10)11;;/h7-10,12H,2-6,11H2,1H3;2*1H. The number of hydrogen-bond acceptors (Lipinski definition) is 3. The minimum Gasteiger partial charge on any atom is -0.380 e. The van der Waals surface area contributed by atoms with E-state index < -0.39 is 0 Å². The molecule has 2 fully saturated rings. The summed E-state index contributed by atoms with van der Waals surface area (Å²) in [5.41, 5.74) is 5.96. The zero-order chi connectivity index (χ0) is 9.26. The Balaban J connectivity index is 0.000000980. The molecule has 0 spiro atoms. The molecule has 2 rings (SSSR count). The van der Waals surface area contributed by atoms with Crippen LogP contribution in [0.2, 0.25) is 0 Å². The number of ether oxygens (including phenoxy) is 1. The van der Waals surface area contributed by atoms with E-state index in [1.54, 1.807) is 0 Å². The van der Waals surface area contributed by atoms with Crippen molar-refractivity contribution in [2.75, 3.05) is 13.2 Å². The number of nitrogens with two attached hydrogens (primary N) is 1. The van der Waals surface area contributed by atoms with Gasteiger partial charge in [-0.3, -0.25) is 0 Å². The van der Waals surface area contributed by atoms with Gasteiger partial charge in [0.2, 0.25) is 0 Å². The number of hydrogen-bond donors (Lipinski definition) is 2. The van der Waals surface area contributed by atoms with Crippen molar-refractivity contribution in [2.45, 2.75) is 44.3 Å². The van der Waals surface area contributed by atoms with Gasteiger partial charge in [-0.1, -0.05) is 0 Å². The molecule has 3 N–H and O–H groups in total. The first-order valence-electron chi connectivity index (χ1n) is 5.37. The van der Waals surface area contributed by atoms with Crippen molar-refractivity contribution in [2.24, 2.45) is 11.7 Å².